The minimum atomic E-state index is -0.388. The molecule has 7 heteroatoms. The van der Waals surface area contributed by atoms with E-state index in [1.54, 1.807) is 0 Å². The molecular formula is C122H104BN5O. The van der Waals surface area contributed by atoms with Gasteiger partial charge in [-0.15, -0.1) is 0 Å². The first-order valence-electron chi connectivity index (χ1n) is 45.9. The van der Waals surface area contributed by atoms with E-state index in [4.69, 9.17) is 4.42 Å². The Morgan fingerprint density at radius 3 is 1.14 bits per heavy atom. The third kappa shape index (κ3) is 12.9. The summed E-state index contributed by atoms with van der Waals surface area (Å²) in [6, 6.07) is 138. The standard InChI is InChI=1S/C122H104BN5O/c1-118(2,3)82-50-58-104-94(69-82)95-70-83(119(4,5)6)51-59-105(95)125(104)86-54-56-100-109(73-86)126(88-64-79(75-33-19-16-20-34-75)63-80(65-88)76-35-21-17-22-36-76)111-67-81(115-89(78-49-62-114-98(66-78)93-41-27-30-48-113(93)129-114)42-32-47-108(115)127-106-60-52-84(120(7,8)9)71-96(106)97-72-85(121(10,11)12)53-61-107(97)127)68-112-116(111)123(100)101-57-55-87(124-102-45-28-25-39-91(102)92-40-26-29-46-103(92)124)74-110(101)128(112)117-90(77-37-23-18-24-38-77)43-31-44-99(117)122(13,14)15/h16-74H,1-15H3. The quantitative estimate of drug-likeness (QED) is 0.128. The van der Waals surface area contributed by atoms with Gasteiger partial charge in [0.25, 0.3) is 6.71 Å². The average molecular weight is 1670 g/mol. The van der Waals surface area contributed by atoms with Crippen LogP contribution >= 0.6 is 0 Å². The second-order valence-electron chi connectivity index (χ2n) is 41.3. The van der Waals surface area contributed by atoms with Crippen LogP contribution in [0.3, 0.4) is 0 Å². The van der Waals surface area contributed by atoms with Gasteiger partial charge in [-0.3, -0.25) is 0 Å². The van der Waals surface area contributed by atoms with Crippen molar-refractivity contribution < 1.29 is 4.42 Å². The van der Waals surface area contributed by atoms with Gasteiger partial charge in [0.05, 0.1) is 44.5 Å². The lowest BCUT2D eigenvalue weighted by atomic mass is 9.33. The molecule has 0 bridgehead atoms. The van der Waals surface area contributed by atoms with Crippen molar-refractivity contribution in [3.63, 3.8) is 0 Å². The van der Waals surface area contributed by atoms with E-state index in [1.807, 2.05) is 0 Å². The lowest BCUT2D eigenvalue weighted by molar-refractivity contribution is 0.590. The van der Waals surface area contributed by atoms with Gasteiger partial charge in [0.15, 0.2) is 0 Å². The van der Waals surface area contributed by atoms with Crippen molar-refractivity contribution in [2.45, 2.75) is 131 Å². The molecule has 0 fully saturated rings. The number of nitrogens with zero attached hydrogens (tertiary/aromatic N) is 5. The van der Waals surface area contributed by atoms with Gasteiger partial charge < -0.3 is 27.9 Å². The second kappa shape index (κ2) is 29.1. The molecule has 129 heavy (non-hydrogen) atoms. The normalized spacial score (nSPS) is 13.2. The molecule has 21 aromatic rings. The maximum Gasteiger partial charge on any atom is 0.252 e. The van der Waals surface area contributed by atoms with Crippen molar-refractivity contribution in [1.29, 1.82) is 0 Å². The molecular weight excluding hydrogens is 1560 g/mol. The molecule has 0 N–H and O–H groups in total. The predicted molar refractivity (Wildman–Crippen MR) is 551 cm³/mol. The number of furan rings is 1. The summed E-state index contributed by atoms with van der Waals surface area (Å²) in [5.41, 5.74) is 38.6. The Hall–Kier alpha value is -14.4. The summed E-state index contributed by atoms with van der Waals surface area (Å²) < 4.78 is 14.5. The molecule has 0 atom stereocenters. The van der Waals surface area contributed by atoms with Crippen LogP contribution in [0.5, 0.6) is 0 Å². The van der Waals surface area contributed by atoms with E-state index in [9.17, 15) is 0 Å². The summed E-state index contributed by atoms with van der Waals surface area (Å²) >= 11 is 0. The van der Waals surface area contributed by atoms with Crippen molar-refractivity contribution in [2.75, 3.05) is 9.80 Å². The molecule has 17 aromatic carbocycles. The highest BCUT2D eigenvalue weighted by molar-refractivity contribution is 7.00. The highest BCUT2D eigenvalue weighted by atomic mass is 16.3. The van der Waals surface area contributed by atoms with E-state index in [0.717, 1.165) is 162 Å². The fourth-order valence-electron chi connectivity index (χ4n) is 21.3. The monoisotopic (exact) mass is 1670 g/mol. The van der Waals surface area contributed by atoms with Crippen LogP contribution in [-0.4, -0.2) is 20.4 Å². The molecule has 2 aliphatic heterocycles. The molecule has 0 spiro atoms. The van der Waals surface area contributed by atoms with E-state index in [2.05, 4.69) is 485 Å². The summed E-state index contributed by atoms with van der Waals surface area (Å²) in [7, 11) is 0. The molecule has 0 saturated carbocycles. The maximum absolute atomic E-state index is 6.79. The van der Waals surface area contributed by atoms with Crippen LogP contribution in [0.15, 0.2) is 362 Å². The highest BCUT2D eigenvalue weighted by Gasteiger charge is 2.46. The number of rotatable bonds is 10. The number of aromatic nitrogens is 3. The molecule has 4 aromatic heterocycles. The van der Waals surface area contributed by atoms with Crippen LogP contribution in [-0.2, 0) is 27.1 Å². The smallest absolute Gasteiger partial charge is 0.252 e. The molecule has 0 amide bonds. The van der Waals surface area contributed by atoms with E-state index < -0.39 is 0 Å². The van der Waals surface area contributed by atoms with Crippen LogP contribution in [0.4, 0.5) is 34.1 Å². The molecule has 626 valence electrons. The van der Waals surface area contributed by atoms with Crippen molar-refractivity contribution in [2.24, 2.45) is 0 Å². The Kier molecular flexibility index (Phi) is 17.9. The van der Waals surface area contributed by atoms with E-state index in [0.29, 0.717) is 0 Å². The fourth-order valence-corrected chi connectivity index (χ4v) is 21.3. The maximum atomic E-state index is 6.79. The van der Waals surface area contributed by atoms with Crippen LogP contribution < -0.4 is 26.2 Å². The average Bonchev–Trinajstić information content (AvgIpc) is 1.47. The Morgan fingerprint density at radius 1 is 0.225 bits per heavy atom. The molecule has 0 saturated heterocycles. The Labute approximate surface area is 756 Å². The summed E-state index contributed by atoms with van der Waals surface area (Å²) in [5.74, 6) is 0. The molecule has 23 rings (SSSR count). The van der Waals surface area contributed by atoms with Crippen molar-refractivity contribution >= 4 is 145 Å². The van der Waals surface area contributed by atoms with Crippen LogP contribution in [0.2, 0.25) is 0 Å². The van der Waals surface area contributed by atoms with Crippen LogP contribution in [0.1, 0.15) is 132 Å². The van der Waals surface area contributed by atoms with Crippen LogP contribution in [0, 0.1) is 0 Å². The van der Waals surface area contributed by atoms with Gasteiger partial charge in [0.2, 0.25) is 0 Å². The van der Waals surface area contributed by atoms with Gasteiger partial charge in [0.1, 0.15) is 11.2 Å². The zero-order valence-corrected chi connectivity index (χ0v) is 76.3. The van der Waals surface area contributed by atoms with Crippen molar-refractivity contribution in [3.8, 4) is 72.7 Å². The Bertz CT molecular complexity index is 7950. The molecule has 0 radical (unpaired) electrons. The number of benzene rings is 17. The minimum absolute atomic E-state index is 0.0953. The van der Waals surface area contributed by atoms with Gasteiger partial charge in [0, 0.05) is 94.0 Å². The Morgan fingerprint density at radius 2 is 0.643 bits per heavy atom. The molecule has 2 aliphatic rings. The van der Waals surface area contributed by atoms with Gasteiger partial charge in [-0.05, 0) is 255 Å². The lowest BCUT2D eigenvalue weighted by Crippen LogP contribution is -2.61. The van der Waals surface area contributed by atoms with Crippen LogP contribution in [0.25, 0.3) is 160 Å². The SMILES string of the molecule is CC(C)(C)c1ccc2c(c1)c1cc(C(C)(C)C)ccc1n2-c1ccc2c(c1)N(c1cc(-c3ccccc3)cc(-c3ccccc3)c1)c1cc(-c3c(-c4ccc5oc6ccccc6c5c4)cccc3-n3c4ccc(C(C)(C)C)cc4c4cc(C(C)(C)C)ccc43)cc3c1B2c1ccc(-n2c4ccccc4c4ccccc42)cc1N3c1c(-c2ccccc2)cccc1C(C)(C)C. The summed E-state index contributed by atoms with van der Waals surface area (Å²) in [6.45, 7) is 35.0. The van der Waals surface area contributed by atoms with Gasteiger partial charge >= 0.3 is 0 Å². The zero-order chi connectivity index (χ0) is 88.2. The van der Waals surface area contributed by atoms with E-state index in [-0.39, 0.29) is 33.8 Å². The van der Waals surface area contributed by atoms with E-state index in [1.165, 1.54) is 76.5 Å². The van der Waals surface area contributed by atoms with E-state index >= 15 is 0 Å². The topological polar surface area (TPSA) is 34.4 Å². The first kappa shape index (κ1) is 79.3. The Balaban J connectivity index is 0.922. The first-order valence-corrected chi connectivity index (χ1v) is 45.9. The zero-order valence-electron chi connectivity index (χ0n) is 76.3. The van der Waals surface area contributed by atoms with Crippen molar-refractivity contribution in [3.05, 3.63) is 386 Å². The molecule has 0 unspecified atom stereocenters. The summed E-state index contributed by atoms with van der Waals surface area (Å²) in [5, 5.41) is 9.51. The predicted octanol–water partition coefficient (Wildman–Crippen LogP) is 31.8. The molecule has 6 nitrogen and oxygen atoms in total. The first-order chi connectivity index (χ1) is 62.1. The third-order valence-corrected chi connectivity index (χ3v) is 27.9. The fraction of sp³-hybridized carbons (Fsp3) is 0.164. The molecule has 0 aliphatic carbocycles. The number of anilines is 6. The largest absolute Gasteiger partial charge is 0.456 e. The number of fused-ring (bicyclic) bond motifs is 16. The number of hydrogen-bond donors (Lipinski definition) is 0. The highest BCUT2D eigenvalue weighted by Crippen LogP contribution is 2.56. The van der Waals surface area contributed by atoms with Gasteiger partial charge in [-0.1, -0.05) is 322 Å². The lowest BCUT2D eigenvalue weighted by Gasteiger charge is -2.46. The third-order valence-electron chi connectivity index (χ3n) is 27.9. The minimum Gasteiger partial charge on any atom is -0.456 e. The van der Waals surface area contributed by atoms with Crippen molar-refractivity contribution in [1.82, 2.24) is 13.7 Å². The van der Waals surface area contributed by atoms with Gasteiger partial charge in [-0.2, -0.15) is 0 Å². The number of para-hydroxylation sites is 4. The summed E-state index contributed by atoms with van der Waals surface area (Å²) in [4.78, 5) is 5.46. The number of hydrogen-bond acceptors (Lipinski definition) is 3. The van der Waals surface area contributed by atoms with Gasteiger partial charge in [-0.25, -0.2) is 0 Å². The molecule has 6 heterocycles. The second-order valence-corrected chi connectivity index (χ2v) is 41.3. The summed E-state index contributed by atoms with van der Waals surface area (Å²) in [6.07, 6.45) is 0.